The molecule has 9 heteroatoms. The number of carbonyl (C=O) groups excluding carboxylic acids is 2. The van der Waals surface area contributed by atoms with Crippen molar-refractivity contribution in [2.45, 2.75) is 39.0 Å². The number of Topliss-reactive ketones (excluding diaryl/α,β-unsaturated/α-hetero) is 1. The minimum atomic E-state index is -0.582. The Balaban J connectivity index is 1.67. The number of allylic oxidation sites excluding steroid dienone is 2. The highest BCUT2D eigenvalue weighted by molar-refractivity contribution is 6.32. The highest BCUT2D eigenvalue weighted by atomic mass is 35.5. The van der Waals surface area contributed by atoms with E-state index >= 15 is 0 Å². The molecule has 0 saturated carbocycles. The number of hydrogen-bond donors (Lipinski definition) is 0. The number of anilines is 1. The number of nitro benzene ring substituents is 1. The van der Waals surface area contributed by atoms with Crippen LogP contribution in [0.25, 0.3) is 0 Å². The third kappa shape index (κ3) is 3.64. The van der Waals surface area contributed by atoms with Crippen molar-refractivity contribution >= 4 is 34.7 Å². The van der Waals surface area contributed by atoms with E-state index in [1.807, 2.05) is 26.0 Å². The van der Waals surface area contributed by atoms with Gasteiger partial charge in [-0.15, -0.1) is 0 Å². The van der Waals surface area contributed by atoms with Crippen LogP contribution in [0.4, 0.5) is 11.4 Å². The molecule has 0 bridgehead atoms. The van der Waals surface area contributed by atoms with Gasteiger partial charge in [-0.3, -0.25) is 24.6 Å². The number of nitrogens with zero attached hydrogens (tertiary/aromatic N) is 2. The number of benzene rings is 2. The maximum absolute atomic E-state index is 13.5. The summed E-state index contributed by atoms with van der Waals surface area (Å²) in [6.45, 7) is 4.09. The standard InChI is InChI=1S/C24H21ClN2O6/c1-24(2)10-18-23(19(28)11-24)15(13-3-6-20-21(7-13)33-12-32-20)9-22(29)26(18)14-4-5-16(25)17(8-14)27(30)31/h3-8,15H,9-12H2,1-2H3. The maximum atomic E-state index is 13.5. The van der Waals surface area contributed by atoms with Crippen molar-refractivity contribution in [1.82, 2.24) is 0 Å². The molecule has 0 fully saturated rings. The fourth-order valence-corrected chi connectivity index (χ4v) is 5.10. The second kappa shape index (κ2) is 7.59. The molecular formula is C24H21ClN2O6. The Kier molecular flexibility index (Phi) is 4.93. The van der Waals surface area contributed by atoms with Crippen LogP contribution < -0.4 is 14.4 Å². The van der Waals surface area contributed by atoms with Crippen LogP contribution in [0.5, 0.6) is 11.5 Å². The third-order valence-corrected chi connectivity index (χ3v) is 6.65. The lowest BCUT2D eigenvalue weighted by Crippen LogP contribution is -2.43. The summed E-state index contributed by atoms with van der Waals surface area (Å²) in [5.41, 5.74) is 1.65. The number of halogens is 1. The van der Waals surface area contributed by atoms with E-state index in [0.717, 1.165) is 5.56 Å². The molecule has 33 heavy (non-hydrogen) atoms. The molecule has 2 heterocycles. The third-order valence-electron chi connectivity index (χ3n) is 6.33. The number of rotatable bonds is 3. The largest absolute Gasteiger partial charge is 0.454 e. The first-order chi connectivity index (χ1) is 15.6. The molecule has 1 unspecified atom stereocenters. The Morgan fingerprint density at radius 3 is 2.61 bits per heavy atom. The number of ketones is 1. The Labute approximate surface area is 194 Å². The van der Waals surface area contributed by atoms with Crippen LogP contribution >= 0.6 is 11.6 Å². The summed E-state index contributed by atoms with van der Waals surface area (Å²) in [5, 5.41) is 11.4. The molecule has 2 aromatic carbocycles. The molecule has 170 valence electrons. The van der Waals surface area contributed by atoms with E-state index in [-0.39, 0.29) is 41.0 Å². The van der Waals surface area contributed by atoms with Crippen LogP contribution in [0.15, 0.2) is 47.7 Å². The smallest absolute Gasteiger partial charge is 0.289 e. The van der Waals surface area contributed by atoms with Crippen molar-refractivity contribution in [3.63, 3.8) is 0 Å². The van der Waals surface area contributed by atoms with Gasteiger partial charge in [0.1, 0.15) is 5.02 Å². The van der Waals surface area contributed by atoms with Crippen LogP contribution in [0.3, 0.4) is 0 Å². The van der Waals surface area contributed by atoms with E-state index in [9.17, 15) is 19.7 Å². The van der Waals surface area contributed by atoms with Crippen molar-refractivity contribution < 1.29 is 24.0 Å². The Morgan fingerprint density at radius 1 is 1.09 bits per heavy atom. The fraction of sp³-hybridized carbons (Fsp3) is 0.333. The van der Waals surface area contributed by atoms with Gasteiger partial charge in [0.25, 0.3) is 5.69 Å². The molecule has 8 nitrogen and oxygen atoms in total. The first kappa shape index (κ1) is 21.5. The monoisotopic (exact) mass is 468 g/mol. The zero-order valence-electron chi connectivity index (χ0n) is 18.1. The van der Waals surface area contributed by atoms with Crippen molar-refractivity contribution in [2.75, 3.05) is 11.7 Å². The van der Waals surface area contributed by atoms with Crippen LogP contribution in [0.1, 0.15) is 44.6 Å². The molecule has 1 aliphatic carbocycles. The van der Waals surface area contributed by atoms with Crippen molar-refractivity contribution in [3.05, 3.63) is 68.4 Å². The van der Waals surface area contributed by atoms with Gasteiger partial charge in [-0.25, -0.2) is 0 Å². The lowest BCUT2D eigenvalue weighted by molar-refractivity contribution is -0.384. The van der Waals surface area contributed by atoms with E-state index in [4.69, 9.17) is 21.1 Å². The van der Waals surface area contributed by atoms with Gasteiger partial charge in [0.05, 0.1) is 10.6 Å². The molecule has 3 aliphatic rings. The average Bonchev–Trinajstić information content (AvgIpc) is 3.20. The molecule has 0 saturated heterocycles. The molecule has 2 aromatic rings. The summed E-state index contributed by atoms with van der Waals surface area (Å²) in [4.78, 5) is 39.2. The van der Waals surface area contributed by atoms with Crippen LogP contribution in [0.2, 0.25) is 5.02 Å². The SMILES string of the molecule is CC1(C)CC(=O)C2=C(C1)N(c1ccc(Cl)c([N+](=O)[O-])c1)C(=O)CC2c1ccc2c(c1)OCO2. The van der Waals surface area contributed by atoms with Gasteiger partial charge in [0.2, 0.25) is 12.7 Å². The van der Waals surface area contributed by atoms with E-state index in [2.05, 4.69) is 0 Å². The average molecular weight is 469 g/mol. The quantitative estimate of drug-likeness (QED) is 0.456. The Bertz CT molecular complexity index is 1250. The fourth-order valence-electron chi connectivity index (χ4n) is 4.91. The number of hydrogen-bond acceptors (Lipinski definition) is 6. The normalized spacial score (nSPS) is 21.3. The number of fused-ring (bicyclic) bond motifs is 1. The van der Waals surface area contributed by atoms with Crippen LogP contribution in [-0.4, -0.2) is 23.4 Å². The van der Waals surface area contributed by atoms with Crippen molar-refractivity contribution in [2.24, 2.45) is 5.41 Å². The van der Waals surface area contributed by atoms with E-state index in [0.29, 0.717) is 41.3 Å². The van der Waals surface area contributed by atoms with Gasteiger partial charge in [-0.1, -0.05) is 31.5 Å². The molecule has 2 aliphatic heterocycles. The minimum absolute atomic E-state index is 0.0132. The minimum Gasteiger partial charge on any atom is -0.454 e. The van der Waals surface area contributed by atoms with E-state index in [1.165, 1.54) is 17.0 Å². The number of carbonyl (C=O) groups is 2. The summed E-state index contributed by atoms with van der Waals surface area (Å²) in [6, 6.07) is 9.73. The predicted molar refractivity (Wildman–Crippen MR) is 121 cm³/mol. The number of nitro groups is 1. The van der Waals surface area contributed by atoms with Crippen molar-refractivity contribution in [1.29, 1.82) is 0 Å². The molecule has 0 aromatic heterocycles. The summed E-state index contributed by atoms with van der Waals surface area (Å²) in [5.74, 6) is 0.523. The lowest BCUT2D eigenvalue weighted by Gasteiger charge is -2.42. The van der Waals surface area contributed by atoms with E-state index < -0.39 is 10.8 Å². The molecule has 1 atom stereocenters. The summed E-state index contributed by atoms with van der Waals surface area (Å²) in [6.07, 6.45) is 0.897. The second-order valence-electron chi connectivity index (χ2n) is 9.29. The number of amides is 1. The predicted octanol–water partition coefficient (Wildman–Crippen LogP) is 5.14. The summed E-state index contributed by atoms with van der Waals surface area (Å²) < 4.78 is 10.9. The highest BCUT2D eigenvalue weighted by Crippen LogP contribution is 2.49. The first-order valence-corrected chi connectivity index (χ1v) is 10.9. The Morgan fingerprint density at radius 2 is 1.85 bits per heavy atom. The van der Waals surface area contributed by atoms with Gasteiger partial charge in [-0.2, -0.15) is 0 Å². The van der Waals surface area contributed by atoms with Gasteiger partial charge in [0, 0.05) is 36.1 Å². The van der Waals surface area contributed by atoms with Crippen LogP contribution in [0, 0.1) is 15.5 Å². The molecule has 0 N–H and O–H groups in total. The molecular weight excluding hydrogens is 448 g/mol. The Hall–Kier alpha value is -3.39. The molecule has 0 spiro atoms. The first-order valence-electron chi connectivity index (χ1n) is 10.6. The summed E-state index contributed by atoms with van der Waals surface area (Å²) >= 11 is 5.99. The molecule has 1 amide bonds. The maximum Gasteiger partial charge on any atom is 0.289 e. The lowest BCUT2D eigenvalue weighted by atomic mass is 9.69. The second-order valence-corrected chi connectivity index (χ2v) is 9.70. The van der Waals surface area contributed by atoms with Crippen molar-refractivity contribution in [3.8, 4) is 11.5 Å². The van der Waals surface area contributed by atoms with Gasteiger partial charge >= 0.3 is 0 Å². The number of ether oxygens (including phenoxy) is 2. The van der Waals surface area contributed by atoms with Gasteiger partial charge in [0.15, 0.2) is 17.3 Å². The highest BCUT2D eigenvalue weighted by Gasteiger charge is 2.44. The summed E-state index contributed by atoms with van der Waals surface area (Å²) in [7, 11) is 0. The zero-order valence-corrected chi connectivity index (χ0v) is 18.8. The van der Waals surface area contributed by atoms with Gasteiger partial charge in [-0.05, 0) is 41.7 Å². The van der Waals surface area contributed by atoms with Gasteiger partial charge < -0.3 is 9.47 Å². The van der Waals surface area contributed by atoms with E-state index in [1.54, 1.807) is 12.1 Å². The zero-order chi connectivity index (χ0) is 23.5. The molecule has 5 rings (SSSR count). The topological polar surface area (TPSA) is 99.0 Å². The molecule has 0 radical (unpaired) electrons. The van der Waals surface area contributed by atoms with Crippen LogP contribution in [-0.2, 0) is 9.59 Å².